The Bertz CT molecular complexity index is 589. The smallest absolute Gasteiger partial charge is 0.219 e. The zero-order valence-corrected chi connectivity index (χ0v) is 11.0. The van der Waals surface area contributed by atoms with Crippen molar-refractivity contribution in [2.45, 2.75) is 26.4 Å². The minimum Gasteiger partial charge on any atom is -0.334 e. The number of nitrogens with zero attached hydrogens (tertiary/aromatic N) is 3. The molecule has 4 nitrogen and oxygen atoms in total. The van der Waals surface area contributed by atoms with E-state index in [1.165, 1.54) is 11.3 Å². The fourth-order valence-electron chi connectivity index (χ4n) is 2.54. The van der Waals surface area contributed by atoms with E-state index in [0.29, 0.717) is 6.54 Å². The average Bonchev–Trinajstić information content (AvgIpc) is 2.82. The van der Waals surface area contributed by atoms with E-state index in [9.17, 15) is 4.79 Å². The van der Waals surface area contributed by atoms with Crippen molar-refractivity contribution < 1.29 is 4.79 Å². The first-order valence-corrected chi connectivity index (χ1v) is 6.57. The van der Waals surface area contributed by atoms with Gasteiger partial charge in [0.15, 0.2) is 0 Å². The molecule has 3 rings (SSSR count). The summed E-state index contributed by atoms with van der Waals surface area (Å²) in [5, 5.41) is 0. The van der Waals surface area contributed by atoms with Gasteiger partial charge in [0.1, 0.15) is 5.82 Å². The zero-order valence-electron chi connectivity index (χ0n) is 11.0. The van der Waals surface area contributed by atoms with E-state index in [1.807, 2.05) is 17.2 Å². The molecule has 0 fully saturated rings. The second-order valence-electron chi connectivity index (χ2n) is 4.92. The molecule has 0 spiro atoms. The van der Waals surface area contributed by atoms with Gasteiger partial charge in [-0.1, -0.05) is 30.3 Å². The lowest BCUT2D eigenvalue weighted by molar-refractivity contribution is -0.130. The van der Waals surface area contributed by atoms with E-state index in [4.69, 9.17) is 0 Å². The highest BCUT2D eigenvalue weighted by Crippen LogP contribution is 2.17. The third-order valence-electron chi connectivity index (χ3n) is 3.62. The van der Waals surface area contributed by atoms with Crippen molar-refractivity contribution in [3.8, 4) is 0 Å². The van der Waals surface area contributed by atoms with Crippen LogP contribution < -0.4 is 0 Å². The van der Waals surface area contributed by atoms with Gasteiger partial charge in [-0.05, 0) is 5.56 Å². The molecule has 19 heavy (non-hydrogen) atoms. The van der Waals surface area contributed by atoms with E-state index in [1.54, 1.807) is 6.92 Å². The van der Waals surface area contributed by atoms with E-state index >= 15 is 0 Å². The molecule has 2 heterocycles. The van der Waals surface area contributed by atoms with E-state index in [0.717, 1.165) is 25.3 Å². The van der Waals surface area contributed by atoms with Crippen molar-refractivity contribution in [1.82, 2.24) is 14.5 Å². The van der Waals surface area contributed by atoms with Crippen LogP contribution in [0.3, 0.4) is 0 Å². The lowest BCUT2D eigenvalue weighted by Crippen LogP contribution is -2.37. The normalized spacial score (nSPS) is 14.3. The van der Waals surface area contributed by atoms with Gasteiger partial charge in [-0.25, -0.2) is 4.98 Å². The van der Waals surface area contributed by atoms with Gasteiger partial charge in [0, 0.05) is 38.3 Å². The summed E-state index contributed by atoms with van der Waals surface area (Å²) in [7, 11) is 0. The number of imidazole rings is 1. The predicted octanol–water partition coefficient (Wildman–Crippen LogP) is 1.84. The van der Waals surface area contributed by atoms with E-state index in [2.05, 4.69) is 33.8 Å². The number of amides is 1. The Morgan fingerprint density at radius 2 is 2.05 bits per heavy atom. The Morgan fingerprint density at radius 3 is 2.79 bits per heavy atom. The maximum atomic E-state index is 11.4. The van der Waals surface area contributed by atoms with Crippen molar-refractivity contribution in [1.29, 1.82) is 0 Å². The van der Waals surface area contributed by atoms with Crippen LogP contribution in [0.25, 0.3) is 0 Å². The van der Waals surface area contributed by atoms with Crippen LogP contribution in [0.5, 0.6) is 0 Å². The monoisotopic (exact) mass is 255 g/mol. The maximum Gasteiger partial charge on any atom is 0.219 e. The molecule has 1 amide bonds. The quantitative estimate of drug-likeness (QED) is 0.821. The molecule has 4 heteroatoms. The summed E-state index contributed by atoms with van der Waals surface area (Å²) < 4.78 is 2.24. The molecule has 0 bridgehead atoms. The molecule has 1 aliphatic rings. The number of fused-ring (bicyclic) bond motifs is 1. The van der Waals surface area contributed by atoms with Crippen LogP contribution in [0.2, 0.25) is 0 Å². The van der Waals surface area contributed by atoms with Crippen molar-refractivity contribution in [3.63, 3.8) is 0 Å². The number of hydrogen-bond acceptors (Lipinski definition) is 2. The van der Waals surface area contributed by atoms with Gasteiger partial charge in [0.25, 0.3) is 0 Å². The van der Waals surface area contributed by atoms with Crippen LogP contribution in [0.4, 0.5) is 0 Å². The Labute approximate surface area is 112 Å². The molecule has 1 aromatic carbocycles. The number of aromatic nitrogens is 2. The first-order valence-electron chi connectivity index (χ1n) is 6.57. The highest BCUT2D eigenvalue weighted by atomic mass is 16.2. The number of carbonyl (C=O) groups excluding carboxylic acids is 1. The highest BCUT2D eigenvalue weighted by Gasteiger charge is 2.21. The molecule has 0 unspecified atom stereocenters. The fraction of sp³-hybridized carbons (Fsp3) is 0.333. The van der Waals surface area contributed by atoms with Crippen LogP contribution in [-0.4, -0.2) is 26.9 Å². The lowest BCUT2D eigenvalue weighted by atomic mass is 10.1. The van der Waals surface area contributed by atoms with Gasteiger partial charge >= 0.3 is 0 Å². The summed E-state index contributed by atoms with van der Waals surface area (Å²) in [4.78, 5) is 17.7. The summed E-state index contributed by atoms with van der Waals surface area (Å²) in [5.41, 5.74) is 2.52. The maximum absolute atomic E-state index is 11.4. The molecule has 0 saturated carbocycles. The summed E-state index contributed by atoms with van der Waals surface area (Å²) >= 11 is 0. The second kappa shape index (κ2) is 4.88. The van der Waals surface area contributed by atoms with Crippen LogP contribution in [0, 0.1) is 0 Å². The topological polar surface area (TPSA) is 38.1 Å². The van der Waals surface area contributed by atoms with Gasteiger partial charge in [-0.15, -0.1) is 0 Å². The van der Waals surface area contributed by atoms with Crippen LogP contribution in [-0.2, 0) is 24.3 Å². The Kier molecular flexibility index (Phi) is 3.07. The van der Waals surface area contributed by atoms with Gasteiger partial charge < -0.3 is 9.47 Å². The number of carbonyl (C=O) groups is 1. The first kappa shape index (κ1) is 12.0. The second-order valence-corrected chi connectivity index (χ2v) is 4.92. The lowest BCUT2D eigenvalue weighted by Gasteiger charge is -2.27. The standard InChI is InChI=1S/C15H17N3O/c1-12(19)17-7-8-18-14(10-16-15(18)11-17)9-13-5-3-2-4-6-13/h2-6,10H,7-9,11H2,1H3. The van der Waals surface area contributed by atoms with Crippen LogP contribution >= 0.6 is 0 Å². The Hall–Kier alpha value is -2.10. The average molecular weight is 255 g/mol. The Morgan fingerprint density at radius 1 is 1.26 bits per heavy atom. The number of rotatable bonds is 2. The largest absolute Gasteiger partial charge is 0.334 e. The minimum atomic E-state index is 0.124. The predicted molar refractivity (Wildman–Crippen MR) is 72.6 cm³/mol. The number of hydrogen-bond donors (Lipinski definition) is 0. The van der Waals surface area contributed by atoms with Gasteiger partial charge in [-0.2, -0.15) is 0 Å². The third kappa shape index (κ3) is 2.38. The van der Waals surface area contributed by atoms with E-state index in [-0.39, 0.29) is 5.91 Å². The molecule has 1 aromatic heterocycles. The van der Waals surface area contributed by atoms with Crippen molar-refractivity contribution in [2.24, 2.45) is 0 Å². The molecule has 0 N–H and O–H groups in total. The van der Waals surface area contributed by atoms with Crippen molar-refractivity contribution in [3.05, 3.63) is 53.6 Å². The van der Waals surface area contributed by atoms with Gasteiger partial charge in [0.05, 0.1) is 6.54 Å². The molecular formula is C15H17N3O. The van der Waals surface area contributed by atoms with Crippen LogP contribution in [0.1, 0.15) is 24.0 Å². The molecule has 1 aliphatic heterocycles. The molecule has 0 atom stereocenters. The summed E-state index contributed by atoms with van der Waals surface area (Å²) in [6.07, 6.45) is 2.83. The van der Waals surface area contributed by atoms with Crippen LogP contribution in [0.15, 0.2) is 36.5 Å². The zero-order chi connectivity index (χ0) is 13.2. The minimum absolute atomic E-state index is 0.124. The first-order chi connectivity index (χ1) is 9.24. The SMILES string of the molecule is CC(=O)N1CCn2c(Cc3ccccc3)cnc2C1. The van der Waals surface area contributed by atoms with Crippen molar-refractivity contribution in [2.75, 3.05) is 6.54 Å². The Balaban J connectivity index is 1.81. The summed E-state index contributed by atoms with van der Waals surface area (Å²) in [6, 6.07) is 10.4. The van der Waals surface area contributed by atoms with E-state index < -0.39 is 0 Å². The van der Waals surface area contributed by atoms with Gasteiger partial charge in [0.2, 0.25) is 5.91 Å². The molecule has 0 aliphatic carbocycles. The molecular weight excluding hydrogens is 238 g/mol. The highest BCUT2D eigenvalue weighted by molar-refractivity contribution is 5.73. The molecule has 98 valence electrons. The van der Waals surface area contributed by atoms with Gasteiger partial charge in [-0.3, -0.25) is 4.79 Å². The molecule has 0 saturated heterocycles. The number of benzene rings is 1. The summed E-state index contributed by atoms with van der Waals surface area (Å²) in [6.45, 7) is 3.87. The molecule has 2 aromatic rings. The summed E-state index contributed by atoms with van der Waals surface area (Å²) in [5.74, 6) is 1.12. The molecule has 0 radical (unpaired) electrons. The fourth-order valence-corrected chi connectivity index (χ4v) is 2.54. The third-order valence-corrected chi connectivity index (χ3v) is 3.62. The van der Waals surface area contributed by atoms with Crippen molar-refractivity contribution >= 4 is 5.91 Å².